The van der Waals surface area contributed by atoms with Gasteiger partial charge in [-0.2, -0.15) is 0 Å². The normalized spacial score (nSPS) is 14.9. The lowest BCUT2D eigenvalue weighted by Gasteiger charge is -2.32. The van der Waals surface area contributed by atoms with Gasteiger partial charge < -0.3 is 14.0 Å². The molecule has 0 radical (unpaired) electrons. The minimum atomic E-state index is -1.71. The van der Waals surface area contributed by atoms with Crippen molar-refractivity contribution in [3.63, 3.8) is 0 Å². The van der Waals surface area contributed by atoms with E-state index in [1.54, 1.807) is 6.92 Å². The molecule has 0 atom stereocenters. The van der Waals surface area contributed by atoms with Crippen LogP contribution in [0.3, 0.4) is 0 Å². The molecule has 0 rings (SSSR count). The fourth-order valence-corrected chi connectivity index (χ4v) is 8.85. The number of aliphatic carboxylic acids is 1. The van der Waals surface area contributed by atoms with Gasteiger partial charge in [0.25, 0.3) is 0 Å². The molecule has 0 bridgehead atoms. The van der Waals surface area contributed by atoms with Gasteiger partial charge in [-0.1, -0.05) is 18.5 Å². The van der Waals surface area contributed by atoms with Crippen LogP contribution >= 0.6 is 0 Å². The van der Waals surface area contributed by atoms with E-state index in [-0.39, 0.29) is 5.91 Å². The Bertz CT molecular complexity index is 365. The number of carbonyl (C=O) groups is 1. The van der Waals surface area contributed by atoms with E-state index in [0.29, 0.717) is 5.57 Å². The van der Waals surface area contributed by atoms with E-state index in [4.69, 9.17) is 8.85 Å². The Balaban J connectivity index is 5.23. The van der Waals surface area contributed by atoms with Crippen LogP contribution < -0.4 is 0 Å². The van der Waals surface area contributed by atoms with E-state index < -0.39 is 32.1 Å². The summed E-state index contributed by atoms with van der Waals surface area (Å²) in [5, 5.41) is 10.3. The fraction of sp³-hybridized carbons (Fsp3) is 0.786. The van der Waals surface area contributed by atoms with Gasteiger partial charge in [-0.15, -0.1) is 0 Å². The third-order valence-electron chi connectivity index (χ3n) is 2.79. The van der Waals surface area contributed by atoms with Gasteiger partial charge in [0, 0.05) is 5.57 Å². The average Bonchev–Trinajstić information content (AvgIpc) is 2.22. The van der Waals surface area contributed by atoms with Gasteiger partial charge in [-0.25, -0.2) is 4.79 Å². The highest BCUT2D eigenvalue weighted by Gasteiger charge is 2.28. The molecule has 0 aromatic rings. The van der Waals surface area contributed by atoms with Gasteiger partial charge in [-0.05, 0) is 52.6 Å². The first kappa shape index (κ1) is 20.8. The van der Waals surface area contributed by atoms with Crippen molar-refractivity contribution >= 4 is 32.1 Å². The zero-order chi connectivity index (χ0) is 16.8. The summed E-state index contributed by atoms with van der Waals surface area (Å²) in [6, 6.07) is 0. The van der Waals surface area contributed by atoms with Gasteiger partial charge >= 0.3 is 5.97 Å². The van der Waals surface area contributed by atoms with Crippen molar-refractivity contribution in [3.05, 3.63) is 10.8 Å². The molecule has 0 saturated carbocycles. The fourth-order valence-electron chi connectivity index (χ4n) is 1.99. The molecule has 1 N–H and O–H groups in total. The third kappa shape index (κ3) is 10.2. The highest BCUT2D eigenvalue weighted by atomic mass is 28.4. The lowest BCUT2D eigenvalue weighted by molar-refractivity contribution is -0.132. The van der Waals surface area contributed by atoms with E-state index >= 15 is 0 Å². The van der Waals surface area contributed by atoms with Gasteiger partial charge in [0.05, 0.1) is 0 Å². The predicted octanol–water partition coefficient (Wildman–Crippen LogP) is 3.30. The van der Waals surface area contributed by atoms with Crippen molar-refractivity contribution in [2.45, 2.75) is 71.9 Å². The molecule has 0 amide bonds. The smallest absolute Gasteiger partial charge is 0.330 e. The Morgan fingerprint density at radius 2 is 1.52 bits per heavy atom. The molecule has 4 nitrogen and oxygen atoms in total. The summed E-state index contributed by atoms with van der Waals surface area (Å²) in [4.78, 5) is 11.3. The number of hydrogen-bond donors (Lipinski definition) is 1. The molecule has 0 fully saturated rings. The van der Waals surface area contributed by atoms with Crippen molar-refractivity contribution in [2.24, 2.45) is 0 Å². The van der Waals surface area contributed by atoms with Crippen molar-refractivity contribution < 1.29 is 18.8 Å². The van der Waals surface area contributed by atoms with Crippen LogP contribution in [0.2, 0.25) is 39.3 Å². The molecular formula is C14H32O4Si3. The van der Waals surface area contributed by atoms with Gasteiger partial charge in [0.15, 0.2) is 16.6 Å². The number of hydrogen-bond acceptors (Lipinski definition) is 3. The highest BCUT2D eigenvalue weighted by Crippen LogP contribution is 2.19. The van der Waals surface area contributed by atoms with Gasteiger partial charge in [-0.3, -0.25) is 0 Å². The molecule has 0 saturated heterocycles. The van der Waals surface area contributed by atoms with E-state index in [2.05, 4.69) is 46.2 Å². The molecular weight excluding hydrogens is 316 g/mol. The Kier molecular flexibility index (Phi) is 8.33. The lowest BCUT2D eigenvalue weighted by atomic mass is 10.2. The molecule has 0 aliphatic heterocycles. The van der Waals surface area contributed by atoms with Crippen LogP contribution in [0, 0.1) is 0 Å². The zero-order valence-electron chi connectivity index (χ0n) is 14.9. The van der Waals surface area contributed by atoms with E-state index in [0.717, 1.165) is 18.0 Å². The van der Waals surface area contributed by atoms with Crippen LogP contribution in [0.15, 0.2) is 10.8 Å². The minimum Gasteiger partial charge on any atom is -0.478 e. The summed E-state index contributed by atoms with van der Waals surface area (Å²) in [5.41, 5.74) is 0.492. The van der Waals surface area contributed by atoms with Crippen LogP contribution in [-0.2, 0) is 13.6 Å². The predicted molar refractivity (Wildman–Crippen MR) is 96.4 cm³/mol. The SMILES string of the molecule is CCC/C([SiH2]C(O[Si](C)(C)C)O[Si](C)(C)C)=C(/C)C(=O)O. The zero-order valence-corrected chi connectivity index (χ0v) is 18.3. The summed E-state index contributed by atoms with van der Waals surface area (Å²) in [6.45, 7) is 16.7. The standard InChI is InChI=1S/C14H32O4Si3/c1-9-10-12(11(2)13(15)16)19-14(17-20(3,4)5)18-21(6,7)8/h14H,9-10,19H2,1-8H3,(H,15,16)/b12-11+. The largest absolute Gasteiger partial charge is 0.478 e. The van der Waals surface area contributed by atoms with Crippen LogP contribution in [0.5, 0.6) is 0 Å². The van der Waals surface area contributed by atoms with Crippen LogP contribution in [0.1, 0.15) is 26.7 Å². The first-order chi connectivity index (χ1) is 9.35. The summed E-state index contributed by atoms with van der Waals surface area (Å²) < 4.78 is 12.4. The minimum absolute atomic E-state index is 0.181. The molecule has 0 spiro atoms. The second kappa shape index (κ2) is 8.42. The molecule has 21 heavy (non-hydrogen) atoms. The van der Waals surface area contributed by atoms with Crippen LogP contribution in [-0.4, -0.2) is 43.1 Å². The number of allylic oxidation sites excluding steroid dienone is 1. The summed E-state index contributed by atoms with van der Waals surface area (Å²) in [7, 11) is -4.32. The summed E-state index contributed by atoms with van der Waals surface area (Å²) in [6.07, 6.45) is 1.80. The third-order valence-corrected chi connectivity index (χ3v) is 7.44. The lowest BCUT2D eigenvalue weighted by Crippen LogP contribution is -2.43. The van der Waals surface area contributed by atoms with Gasteiger partial charge in [0.1, 0.15) is 15.4 Å². The molecule has 124 valence electrons. The van der Waals surface area contributed by atoms with Crippen molar-refractivity contribution in [1.29, 1.82) is 0 Å². The van der Waals surface area contributed by atoms with Crippen molar-refractivity contribution in [2.75, 3.05) is 0 Å². The first-order valence-corrected chi connectivity index (χ1v) is 16.0. The van der Waals surface area contributed by atoms with E-state index in [1.807, 2.05) is 0 Å². The number of rotatable bonds is 9. The molecule has 0 aliphatic rings. The second-order valence-corrected chi connectivity index (χ2v) is 18.2. The van der Waals surface area contributed by atoms with Crippen molar-refractivity contribution in [3.8, 4) is 0 Å². The van der Waals surface area contributed by atoms with Gasteiger partial charge in [0.2, 0.25) is 0 Å². The maximum atomic E-state index is 11.3. The second-order valence-electron chi connectivity index (χ2n) is 7.38. The van der Waals surface area contributed by atoms with E-state index in [9.17, 15) is 9.90 Å². The Morgan fingerprint density at radius 3 is 1.81 bits per heavy atom. The maximum absolute atomic E-state index is 11.3. The molecule has 0 heterocycles. The molecule has 7 heteroatoms. The average molecular weight is 349 g/mol. The topological polar surface area (TPSA) is 55.8 Å². The van der Waals surface area contributed by atoms with Crippen molar-refractivity contribution in [1.82, 2.24) is 0 Å². The maximum Gasteiger partial charge on any atom is 0.330 e. The Morgan fingerprint density at radius 1 is 1.10 bits per heavy atom. The number of carboxylic acids is 1. The molecule has 0 aromatic carbocycles. The Labute approximate surface area is 134 Å². The molecule has 0 aliphatic carbocycles. The number of carboxylic acid groups (broad SMARTS) is 1. The van der Waals surface area contributed by atoms with Crippen LogP contribution in [0.4, 0.5) is 0 Å². The van der Waals surface area contributed by atoms with Crippen LogP contribution in [0.25, 0.3) is 0 Å². The summed E-state index contributed by atoms with van der Waals surface area (Å²) in [5.74, 6) is -0.995. The molecule has 0 unspecified atom stereocenters. The summed E-state index contributed by atoms with van der Waals surface area (Å²) >= 11 is 0. The quantitative estimate of drug-likeness (QED) is 0.394. The monoisotopic (exact) mass is 348 g/mol. The first-order valence-electron chi connectivity index (χ1n) is 7.63. The van der Waals surface area contributed by atoms with E-state index in [1.165, 1.54) is 0 Å². The Hall–Kier alpha value is -0.219. The molecule has 0 aromatic heterocycles. The highest BCUT2D eigenvalue weighted by molar-refractivity contribution is 6.72.